The minimum Gasteiger partial charge on any atom is -0.445 e. The van der Waals surface area contributed by atoms with Gasteiger partial charge in [-0.05, 0) is 30.7 Å². The number of ether oxygens (including phenoxy) is 2. The van der Waals surface area contributed by atoms with Crippen molar-refractivity contribution in [1.29, 1.82) is 0 Å². The molecular formula is C26H37N3O9S. The Kier molecular flexibility index (Phi) is 11.1. The van der Waals surface area contributed by atoms with Gasteiger partial charge in [-0.2, -0.15) is 8.42 Å². The average Bonchev–Trinajstić information content (AvgIpc) is 3.29. The third-order valence-corrected chi connectivity index (χ3v) is 8.06. The summed E-state index contributed by atoms with van der Waals surface area (Å²) in [5.74, 6) is -2.59. The van der Waals surface area contributed by atoms with Gasteiger partial charge >= 0.3 is 22.2 Å². The summed E-state index contributed by atoms with van der Waals surface area (Å²) in [7, 11) is -4.98. The van der Waals surface area contributed by atoms with Crippen molar-refractivity contribution in [2.24, 2.45) is 11.8 Å². The predicted molar refractivity (Wildman–Crippen MR) is 140 cm³/mol. The zero-order valence-corrected chi connectivity index (χ0v) is 22.8. The molecule has 216 valence electrons. The molecule has 1 aromatic rings. The Morgan fingerprint density at radius 3 is 2.33 bits per heavy atom. The second-order valence-corrected chi connectivity index (χ2v) is 11.6. The monoisotopic (exact) mass is 567 g/mol. The van der Waals surface area contributed by atoms with E-state index in [4.69, 9.17) is 9.47 Å². The van der Waals surface area contributed by atoms with E-state index in [-0.39, 0.29) is 31.3 Å². The molecule has 3 amide bonds. The fraction of sp³-hybridized carbons (Fsp3) is 0.615. The number of alkyl carbamates (subject to hydrolysis) is 1. The van der Waals surface area contributed by atoms with Gasteiger partial charge in [0.25, 0.3) is 0 Å². The maximum absolute atomic E-state index is 13.5. The van der Waals surface area contributed by atoms with E-state index in [1.807, 2.05) is 6.07 Å². The molecule has 0 bridgehead atoms. The Hall–Kier alpha value is -3.19. The van der Waals surface area contributed by atoms with Crippen LogP contribution >= 0.6 is 0 Å². The topological polar surface area (TPSA) is 177 Å². The van der Waals surface area contributed by atoms with E-state index in [1.165, 1.54) is 0 Å². The zero-order valence-electron chi connectivity index (χ0n) is 22.0. The molecule has 1 aromatic carbocycles. The van der Waals surface area contributed by atoms with Crippen LogP contribution < -0.4 is 16.0 Å². The van der Waals surface area contributed by atoms with Crippen molar-refractivity contribution >= 4 is 34.0 Å². The number of amides is 3. The lowest BCUT2D eigenvalue weighted by Crippen LogP contribution is -2.55. The summed E-state index contributed by atoms with van der Waals surface area (Å²) in [6.45, 7) is 1.32. The van der Waals surface area contributed by atoms with E-state index in [9.17, 15) is 32.1 Å². The van der Waals surface area contributed by atoms with E-state index in [0.29, 0.717) is 13.0 Å². The lowest BCUT2D eigenvalue weighted by atomic mass is 9.84. The number of benzene rings is 1. The maximum Gasteiger partial charge on any atom is 0.408 e. The number of hydrogen-bond donors (Lipinski definition) is 4. The molecule has 1 aliphatic heterocycles. The molecule has 12 nitrogen and oxygen atoms in total. The molecule has 0 aromatic heterocycles. The SMILES string of the molecule is CC(=O)OC(C(C[C@@H]1CCNC1=O)NC(=O)C(CC1CCCCC1)NC(=O)OCc1ccccc1)S(=O)(=O)O. The van der Waals surface area contributed by atoms with E-state index in [1.54, 1.807) is 24.3 Å². The van der Waals surface area contributed by atoms with Crippen molar-refractivity contribution in [1.82, 2.24) is 16.0 Å². The van der Waals surface area contributed by atoms with E-state index in [2.05, 4.69) is 16.0 Å². The molecule has 1 aliphatic carbocycles. The van der Waals surface area contributed by atoms with Gasteiger partial charge < -0.3 is 25.4 Å². The van der Waals surface area contributed by atoms with Gasteiger partial charge in [0, 0.05) is 19.4 Å². The fourth-order valence-corrected chi connectivity index (χ4v) is 5.96. The summed E-state index contributed by atoms with van der Waals surface area (Å²) in [4.78, 5) is 50.0. The van der Waals surface area contributed by atoms with Crippen molar-refractivity contribution in [2.45, 2.75) is 82.4 Å². The third kappa shape index (κ3) is 9.81. The second kappa shape index (κ2) is 14.3. The van der Waals surface area contributed by atoms with Crippen LogP contribution in [0.25, 0.3) is 0 Å². The van der Waals surface area contributed by atoms with Gasteiger partial charge in [0.15, 0.2) is 0 Å². The number of carbonyl (C=O) groups excluding carboxylic acids is 4. The van der Waals surface area contributed by atoms with Crippen LogP contribution in [-0.4, -0.2) is 60.9 Å². The summed E-state index contributed by atoms with van der Waals surface area (Å²) in [6, 6.07) is 6.47. The van der Waals surface area contributed by atoms with Crippen LogP contribution in [0.4, 0.5) is 4.79 Å². The first kappa shape index (κ1) is 30.4. The molecule has 0 radical (unpaired) electrons. The average molecular weight is 568 g/mol. The number of esters is 1. The minimum absolute atomic E-state index is 0.0128. The van der Waals surface area contributed by atoms with Crippen molar-refractivity contribution < 1.29 is 41.6 Å². The Bertz CT molecular complexity index is 1110. The van der Waals surface area contributed by atoms with Crippen molar-refractivity contribution in [3.8, 4) is 0 Å². The molecule has 1 saturated carbocycles. The third-order valence-electron chi connectivity index (χ3n) is 7.05. The van der Waals surface area contributed by atoms with Crippen LogP contribution in [0.2, 0.25) is 0 Å². The molecule has 3 rings (SSSR count). The van der Waals surface area contributed by atoms with Gasteiger partial charge in [-0.25, -0.2) is 4.79 Å². The molecule has 4 N–H and O–H groups in total. The minimum atomic E-state index is -4.98. The standard InChI is InChI=1S/C26H37N3O9S/c1-17(30)38-25(39(34,35)36)22(15-20-12-13-27-23(20)31)28-24(32)21(14-18-8-4-2-5-9-18)29-26(33)37-16-19-10-6-3-7-11-19/h3,6-7,10-11,18,20-22,25H,2,4-5,8-9,12-16H2,1H3,(H,27,31)(H,28,32)(H,29,33)(H,34,35,36)/t20-,21?,22?,25?/m0/s1. The van der Waals surface area contributed by atoms with Crippen LogP contribution in [0, 0.1) is 11.8 Å². The largest absolute Gasteiger partial charge is 0.445 e. The van der Waals surface area contributed by atoms with Gasteiger partial charge in [0.2, 0.25) is 17.3 Å². The Morgan fingerprint density at radius 1 is 1.05 bits per heavy atom. The van der Waals surface area contributed by atoms with Crippen LogP contribution in [0.15, 0.2) is 30.3 Å². The van der Waals surface area contributed by atoms with Gasteiger partial charge in [0.05, 0.1) is 6.04 Å². The quantitative estimate of drug-likeness (QED) is 0.217. The van der Waals surface area contributed by atoms with Gasteiger partial charge in [-0.3, -0.25) is 18.9 Å². The molecule has 3 unspecified atom stereocenters. The smallest absolute Gasteiger partial charge is 0.408 e. The van der Waals surface area contributed by atoms with Crippen LogP contribution in [0.1, 0.15) is 63.9 Å². The lowest BCUT2D eigenvalue weighted by molar-refractivity contribution is -0.145. The first-order valence-electron chi connectivity index (χ1n) is 13.2. The Balaban J connectivity index is 1.78. The van der Waals surface area contributed by atoms with E-state index >= 15 is 0 Å². The van der Waals surface area contributed by atoms with Crippen molar-refractivity contribution in [3.05, 3.63) is 35.9 Å². The molecular weight excluding hydrogens is 530 g/mol. The molecule has 2 fully saturated rings. The van der Waals surface area contributed by atoms with Crippen LogP contribution in [0.3, 0.4) is 0 Å². The lowest BCUT2D eigenvalue weighted by Gasteiger charge is -2.30. The Morgan fingerprint density at radius 2 is 1.74 bits per heavy atom. The molecule has 13 heteroatoms. The predicted octanol–water partition coefficient (Wildman–Crippen LogP) is 2.04. The summed E-state index contributed by atoms with van der Waals surface area (Å²) in [5, 5.41) is 7.76. The van der Waals surface area contributed by atoms with E-state index < -0.39 is 51.5 Å². The van der Waals surface area contributed by atoms with Gasteiger partial charge in [-0.1, -0.05) is 62.4 Å². The molecule has 0 spiro atoms. The number of nitrogens with one attached hydrogen (secondary N) is 3. The molecule has 1 heterocycles. The summed E-state index contributed by atoms with van der Waals surface area (Å²) >= 11 is 0. The highest BCUT2D eigenvalue weighted by Gasteiger charge is 2.41. The molecule has 2 aliphatic rings. The zero-order chi connectivity index (χ0) is 28.4. The highest BCUT2D eigenvalue weighted by atomic mass is 32.2. The number of hydrogen-bond acceptors (Lipinski definition) is 8. The van der Waals surface area contributed by atoms with E-state index in [0.717, 1.165) is 44.6 Å². The highest BCUT2D eigenvalue weighted by molar-refractivity contribution is 7.86. The summed E-state index contributed by atoms with van der Waals surface area (Å²) < 4.78 is 44.3. The second-order valence-electron chi connectivity index (χ2n) is 10.1. The molecule has 4 atom stereocenters. The molecule has 39 heavy (non-hydrogen) atoms. The van der Waals surface area contributed by atoms with Gasteiger partial charge in [0.1, 0.15) is 12.6 Å². The first-order valence-corrected chi connectivity index (χ1v) is 14.7. The number of carbonyl (C=O) groups is 4. The first-order chi connectivity index (χ1) is 18.5. The molecule has 1 saturated heterocycles. The van der Waals surface area contributed by atoms with Crippen LogP contribution in [0.5, 0.6) is 0 Å². The maximum atomic E-state index is 13.5. The fourth-order valence-electron chi connectivity index (χ4n) is 5.11. The van der Waals surface area contributed by atoms with Gasteiger partial charge in [-0.15, -0.1) is 0 Å². The summed E-state index contributed by atoms with van der Waals surface area (Å²) in [6.07, 6.45) is 4.45. The van der Waals surface area contributed by atoms with Crippen LogP contribution in [-0.2, 0) is 40.6 Å². The van der Waals surface area contributed by atoms with Crippen molar-refractivity contribution in [3.63, 3.8) is 0 Å². The number of rotatable bonds is 12. The summed E-state index contributed by atoms with van der Waals surface area (Å²) in [5.41, 5.74) is -1.37. The Labute approximate surface area is 228 Å². The highest BCUT2D eigenvalue weighted by Crippen LogP contribution is 2.28. The van der Waals surface area contributed by atoms with Crippen molar-refractivity contribution in [2.75, 3.05) is 6.54 Å². The normalized spacial score (nSPS) is 20.3.